The quantitative estimate of drug-likeness (QED) is 0.133. The van der Waals surface area contributed by atoms with Gasteiger partial charge in [0.05, 0.1) is 17.2 Å². The molecule has 3 aromatic carbocycles. The Hall–Kier alpha value is -3.74. The highest BCUT2D eigenvalue weighted by Gasteiger charge is 2.32. The number of sulfonamides is 1. The van der Waals surface area contributed by atoms with E-state index in [4.69, 9.17) is 10.5 Å². The lowest BCUT2D eigenvalue weighted by Crippen LogP contribution is -2.49. The van der Waals surface area contributed by atoms with E-state index in [1.807, 2.05) is 56.3 Å². The van der Waals surface area contributed by atoms with Crippen molar-refractivity contribution in [3.63, 3.8) is 0 Å². The van der Waals surface area contributed by atoms with Crippen LogP contribution in [0.5, 0.6) is 0 Å². The Morgan fingerprint density at radius 3 is 2.35 bits per heavy atom. The number of hydrogen-bond donors (Lipinski definition) is 4. The third-order valence-corrected chi connectivity index (χ3v) is 9.18. The summed E-state index contributed by atoms with van der Waals surface area (Å²) in [5, 5.41) is 17.9. The minimum absolute atomic E-state index is 0.0436. The number of ether oxygens (including phenoxy) is 1. The van der Waals surface area contributed by atoms with Crippen LogP contribution in [0.1, 0.15) is 59.4 Å². The number of nitrogens with one attached hydrogen (secondary N) is 2. The average molecular weight is 659 g/mol. The number of aliphatic hydroxyl groups is 1. The van der Waals surface area contributed by atoms with E-state index in [-0.39, 0.29) is 41.9 Å². The number of carbonyl (C=O) groups is 2. The van der Waals surface area contributed by atoms with Crippen LogP contribution < -0.4 is 16.4 Å². The summed E-state index contributed by atoms with van der Waals surface area (Å²) in [7, 11) is -4.08. The fraction of sp³-hybridized carbons (Fsp3) is 0.471. The summed E-state index contributed by atoms with van der Waals surface area (Å²) in [6, 6.07) is 15.4. The molecule has 0 aliphatic rings. The van der Waals surface area contributed by atoms with Gasteiger partial charge in [0.15, 0.2) is 0 Å². The number of fused-ring (bicyclic) bond motifs is 1. The molecule has 0 saturated carbocycles. The van der Waals surface area contributed by atoms with Crippen molar-refractivity contribution in [1.82, 2.24) is 14.9 Å². The van der Waals surface area contributed by atoms with E-state index in [0.29, 0.717) is 19.3 Å². The number of aliphatic hydroxyl groups excluding tert-OH is 1. The molecule has 0 saturated heterocycles. The topological polar surface area (TPSA) is 151 Å². The van der Waals surface area contributed by atoms with Gasteiger partial charge in [-0.3, -0.25) is 4.79 Å². The molecule has 0 heterocycles. The lowest BCUT2D eigenvalue weighted by molar-refractivity contribution is -0.123. The molecule has 0 fully saturated rings. The summed E-state index contributed by atoms with van der Waals surface area (Å²) < 4.78 is 47.4. The van der Waals surface area contributed by atoms with Gasteiger partial charge in [0, 0.05) is 25.6 Å². The van der Waals surface area contributed by atoms with Crippen LogP contribution in [-0.2, 0) is 26.0 Å². The van der Waals surface area contributed by atoms with Crippen LogP contribution in [0.2, 0.25) is 0 Å². The monoisotopic (exact) mass is 658 g/mol. The van der Waals surface area contributed by atoms with Gasteiger partial charge in [0.1, 0.15) is 17.5 Å². The van der Waals surface area contributed by atoms with E-state index in [1.165, 1.54) is 4.31 Å². The number of rotatable bonds is 15. The minimum atomic E-state index is -4.08. The first-order chi connectivity index (χ1) is 21.6. The Labute approximate surface area is 271 Å². The number of benzene rings is 3. The summed E-state index contributed by atoms with van der Waals surface area (Å²) in [6.45, 7) is 8.97. The first kappa shape index (κ1) is 36.7. The zero-order valence-corrected chi connectivity index (χ0v) is 28.1. The van der Waals surface area contributed by atoms with Gasteiger partial charge in [0.2, 0.25) is 15.9 Å². The van der Waals surface area contributed by atoms with Crippen molar-refractivity contribution in [3.8, 4) is 0 Å². The maximum absolute atomic E-state index is 13.7. The van der Waals surface area contributed by atoms with E-state index in [9.17, 15) is 27.5 Å². The Bertz CT molecular complexity index is 1590. The molecule has 0 bridgehead atoms. The minimum Gasteiger partial charge on any atom is -0.444 e. The zero-order chi connectivity index (χ0) is 34.1. The van der Waals surface area contributed by atoms with Gasteiger partial charge in [-0.05, 0) is 74.1 Å². The predicted octanol–water partition coefficient (Wildman–Crippen LogP) is 4.99. The van der Waals surface area contributed by atoms with Gasteiger partial charge in [0.25, 0.3) is 0 Å². The largest absolute Gasteiger partial charge is 0.444 e. The molecule has 0 radical (unpaired) electrons. The molecule has 252 valence electrons. The highest BCUT2D eigenvalue weighted by molar-refractivity contribution is 7.89. The SMILES string of the molecule is CC(C)CN(C(CO)CCCCNC(=O)[C@H](Cc1ccc2ccccc2c1)NC(=O)OC(C)(C)C)S(=O)(=O)c1ccc(F)c(N)c1. The number of nitrogens with two attached hydrogens (primary N) is 1. The first-order valence-corrected chi connectivity index (χ1v) is 17.0. The Kier molecular flexibility index (Phi) is 12.9. The number of anilines is 1. The number of hydrogen-bond acceptors (Lipinski definition) is 7. The normalized spacial score (nSPS) is 13.5. The van der Waals surface area contributed by atoms with Crippen LogP contribution in [0.3, 0.4) is 0 Å². The molecule has 0 aliphatic carbocycles. The molecule has 3 aromatic rings. The summed E-state index contributed by atoms with van der Waals surface area (Å²) in [6.07, 6.45) is 0.866. The van der Waals surface area contributed by atoms with Crippen molar-refractivity contribution >= 4 is 38.5 Å². The summed E-state index contributed by atoms with van der Waals surface area (Å²) >= 11 is 0. The smallest absolute Gasteiger partial charge is 0.408 e. The first-order valence-electron chi connectivity index (χ1n) is 15.5. The van der Waals surface area contributed by atoms with Crippen LogP contribution in [0.15, 0.2) is 65.6 Å². The highest BCUT2D eigenvalue weighted by atomic mass is 32.2. The predicted molar refractivity (Wildman–Crippen MR) is 178 cm³/mol. The number of nitrogens with zero attached hydrogens (tertiary/aromatic N) is 1. The van der Waals surface area contributed by atoms with E-state index < -0.39 is 46.2 Å². The van der Waals surface area contributed by atoms with E-state index >= 15 is 0 Å². The molecule has 12 heteroatoms. The van der Waals surface area contributed by atoms with E-state index in [0.717, 1.165) is 34.5 Å². The van der Waals surface area contributed by atoms with Crippen molar-refractivity contribution < 1.29 is 32.2 Å². The molecule has 2 atom stereocenters. The van der Waals surface area contributed by atoms with Gasteiger partial charge in [-0.15, -0.1) is 0 Å². The van der Waals surface area contributed by atoms with Gasteiger partial charge in [-0.2, -0.15) is 4.31 Å². The Morgan fingerprint density at radius 1 is 1.02 bits per heavy atom. The highest BCUT2D eigenvalue weighted by Crippen LogP contribution is 2.25. The number of alkyl carbamates (subject to hydrolysis) is 1. The molecule has 0 aromatic heterocycles. The number of nitrogen functional groups attached to an aromatic ring is 1. The second-order valence-corrected chi connectivity index (χ2v) is 14.8. The van der Waals surface area contributed by atoms with Gasteiger partial charge < -0.3 is 26.2 Å². The lowest BCUT2D eigenvalue weighted by Gasteiger charge is -2.31. The second-order valence-electron chi connectivity index (χ2n) is 12.9. The number of amides is 2. The Balaban J connectivity index is 1.65. The van der Waals surface area contributed by atoms with Gasteiger partial charge in [-0.25, -0.2) is 17.6 Å². The lowest BCUT2D eigenvalue weighted by atomic mass is 10.0. The maximum Gasteiger partial charge on any atom is 0.408 e. The van der Waals surface area contributed by atoms with Crippen LogP contribution in [-0.4, -0.2) is 67.2 Å². The molecule has 10 nitrogen and oxygen atoms in total. The van der Waals surface area contributed by atoms with Gasteiger partial charge >= 0.3 is 6.09 Å². The molecule has 3 rings (SSSR count). The van der Waals surface area contributed by atoms with Crippen LogP contribution in [0.4, 0.5) is 14.9 Å². The number of halogens is 1. The molecule has 46 heavy (non-hydrogen) atoms. The third kappa shape index (κ3) is 10.7. The maximum atomic E-state index is 13.7. The van der Waals surface area contributed by atoms with E-state index in [1.54, 1.807) is 20.8 Å². The number of carbonyl (C=O) groups excluding carboxylic acids is 2. The van der Waals surface area contributed by atoms with Crippen LogP contribution in [0, 0.1) is 11.7 Å². The fourth-order valence-electron chi connectivity index (χ4n) is 5.05. The molecular weight excluding hydrogens is 611 g/mol. The second kappa shape index (κ2) is 16.2. The third-order valence-electron chi connectivity index (χ3n) is 7.26. The molecule has 2 amide bonds. The van der Waals surface area contributed by atoms with Crippen molar-refractivity contribution in [3.05, 3.63) is 72.0 Å². The van der Waals surface area contributed by atoms with E-state index in [2.05, 4.69) is 10.6 Å². The molecule has 5 N–H and O–H groups in total. The summed E-state index contributed by atoms with van der Waals surface area (Å²) in [4.78, 5) is 25.7. The molecule has 0 aliphatic heterocycles. The van der Waals surface area contributed by atoms with Crippen molar-refractivity contribution in [2.45, 2.75) is 82.9 Å². The average Bonchev–Trinajstić information content (AvgIpc) is 2.97. The molecular formula is C34H47FN4O6S. The van der Waals surface area contributed by atoms with Crippen molar-refractivity contribution in [2.75, 3.05) is 25.4 Å². The summed E-state index contributed by atoms with van der Waals surface area (Å²) in [5.74, 6) is -1.13. The number of unbranched alkanes of at least 4 members (excludes halogenated alkanes) is 1. The molecule has 1 unspecified atom stereocenters. The van der Waals surface area contributed by atoms with Gasteiger partial charge in [-0.1, -0.05) is 62.7 Å². The van der Waals surface area contributed by atoms with Crippen LogP contribution in [0.25, 0.3) is 10.8 Å². The standard InChI is InChI=1S/C34H47FN4O6S/c1-23(2)21-39(46(43,44)28-15-16-29(35)30(36)20-28)27(22-40)12-8-9-17-37-32(41)31(38-33(42)45-34(3,4)5)19-24-13-14-25-10-6-7-11-26(25)18-24/h6-7,10-11,13-16,18,20,23,27,31,40H,8-9,12,17,19,21-22,36H2,1-5H3,(H,37,41)(H,38,42)/t27?,31-/m0/s1. The van der Waals surface area contributed by atoms with Crippen molar-refractivity contribution in [1.29, 1.82) is 0 Å². The molecule has 0 spiro atoms. The Morgan fingerprint density at radius 2 is 1.72 bits per heavy atom. The summed E-state index contributed by atoms with van der Waals surface area (Å²) in [5.41, 5.74) is 5.49. The zero-order valence-electron chi connectivity index (χ0n) is 27.3. The van der Waals surface area contributed by atoms with Crippen molar-refractivity contribution in [2.24, 2.45) is 5.92 Å². The fourth-order valence-corrected chi connectivity index (χ4v) is 6.89. The van der Waals surface area contributed by atoms with Crippen LogP contribution >= 0.6 is 0 Å².